The van der Waals surface area contributed by atoms with Gasteiger partial charge in [0.25, 0.3) is 0 Å². The third-order valence-electron chi connectivity index (χ3n) is 3.03. The highest BCUT2D eigenvalue weighted by molar-refractivity contribution is 5.85. The fourth-order valence-corrected chi connectivity index (χ4v) is 2.31. The Morgan fingerprint density at radius 3 is 3.20 bits per heavy atom. The summed E-state index contributed by atoms with van der Waals surface area (Å²) in [7, 11) is 2.10. The number of aromatic nitrogens is 2. The zero-order valence-electron chi connectivity index (χ0n) is 8.66. The van der Waals surface area contributed by atoms with Crippen LogP contribution in [0, 0.1) is 0 Å². The molecule has 0 radical (unpaired) electrons. The van der Waals surface area contributed by atoms with E-state index >= 15 is 0 Å². The Balaban J connectivity index is 0.000000853. The molecular formula is C11H14ClN3. The van der Waals surface area contributed by atoms with Gasteiger partial charge in [-0.3, -0.25) is 0 Å². The number of nitrogens with zero attached hydrogens (tertiary/aromatic N) is 2. The minimum Gasteiger partial charge on any atom is -0.331 e. The highest BCUT2D eigenvalue weighted by Gasteiger charge is 2.17. The van der Waals surface area contributed by atoms with Gasteiger partial charge >= 0.3 is 0 Å². The average Bonchev–Trinajstić information content (AvgIpc) is 2.55. The van der Waals surface area contributed by atoms with E-state index in [4.69, 9.17) is 0 Å². The molecule has 0 fully saturated rings. The Hall–Kier alpha value is -1.06. The van der Waals surface area contributed by atoms with Crippen molar-refractivity contribution in [2.24, 2.45) is 7.05 Å². The Labute approximate surface area is 94.9 Å². The Bertz CT molecular complexity index is 490. The molecule has 3 heterocycles. The molecule has 0 bridgehead atoms. The van der Waals surface area contributed by atoms with Crippen LogP contribution in [0.25, 0.3) is 11.0 Å². The molecule has 1 N–H and O–H groups in total. The molecule has 2 aromatic rings. The van der Waals surface area contributed by atoms with Crippen molar-refractivity contribution in [3.8, 4) is 0 Å². The average molecular weight is 224 g/mol. The highest BCUT2D eigenvalue weighted by Crippen LogP contribution is 2.25. The molecule has 4 heteroatoms. The van der Waals surface area contributed by atoms with Crippen LogP contribution in [0.1, 0.15) is 11.3 Å². The molecule has 80 valence electrons. The Kier molecular flexibility index (Phi) is 2.67. The van der Waals surface area contributed by atoms with Crippen molar-refractivity contribution in [3.05, 3.63) is 29.6 Å². The highest BCUT2D eigenvalue weighted by atomic mass is 35.5. The van der Waals surface area contributed by atoms with Crippen LogP contribution < -0.4 is 5.32 Å². The number of nitrogens with one attached hydrogen (secondary N) is 1. The molecule has 0 spiro atoms. The van der Waals surface area contributed by atoms with Gasteiger partial charge in [-0.25, -0.2) is 4.98 Å². The molecule has 15 heavy (non-hydrogen) atoms. The first-order valence-corrected chi connectivity index (χ1v) is 5.00. The van der Waals surface area contributed by atoms with Gasteiger partial charge in [-0.05, 0) is 30.7 Å². The van der Waals surface area contributed by atoms with E-state index in [9.17, 15) is 0 Å². The summed E-state index contributed by atoms with van der Waals surface area (Å²) >= 11 is 0. The third kappa shape index (κ3) is 1.43. The van der Waals surface area contributed by atoms with Crippen LogP contribution in [0.15, 0.2) is 18.3 Å². The van der Waals surface area contributed by atoms with Gasteiger partial charge in [0.15, 0.2) is 0 Å². The molecule has 0 amide bonds. The normalized spacial score (nSPS) is 14.7. The van der Waals surface area contributed by atoms with E-state index in [0.717, 1.165) is 25.2 Å². The lowest BCUT2D eigenvalue weighted by atomic mass is 10.1. The molecule has 0 aliphatic carbocycles. The van der Waals surface area contributed by atoms with Crippen LogP contribution in [-0.2, 0) is 20.0 Å². The quantitative estimate of drug-likeness (QED) is 0.736. The van der Waals surface area contributed by atoms with Crippen LogP contribution >= 0.6 is 12.4 Å². The summed E-state index contributed by atoms with van der Waals surface area (Å²) in [6, 6.07) is 4.19. The van der Waals surface area contributed by atoms with Crippen molar-refractivity contribution in [1.82, 2.24) is 14.9 Å². The second kappa shape index (κ2) is 3.83. The smallest absolute Gasteiger partial charge is 0.140 e. The van der Waals surface area contributed by atoms with E-state index in [1.54, 1.807) is 0 Å². The fraction of sp³-hybridized carbons (Fsp3) is 0.364. The molecule has 0 aromatic carbocycles. The number of hydrogen-bond donors (Lipinski definition) is 1. The van der Waals surface area contributed by atoms with E-state index < -0.39 is 0 Å². The van der Waals surface area contributed by atoms with Gasteiger partial charge in [-0.1, -0.05) is 0 Å². The van der Waals surface area contributed by atoms with Crippen molar-refractivity contribution in [2.45, 2.75) is 13.0 Å². The molecule has 3 rings (SSSR count). The largest absolute Gasteiger partial charge is 0.331 e. The topological polar surface area (TPSA) is 29.9 Å². The second-order valence-electron chi connectivity index (χ2n) is 3.79. The number of fused-ring (bicyclic) bond motifs is 3. The summed E-state index contributed by atoms with van der Waals surface area (Å²) < 4.78 is 2.21. The van der Waals surface area contributed by atoms with Gasteiger partial charge in [0.05, 0.1) is 0 Å². The first-order valence-electron chi connectivity index (χ1n) is 5.00. The standard InChI is InChI=1S/C11H13N3.ClH/c1-14-10-7-12-6-4-8(10)9-3-2-5-13-11(9)14;/h2-3,5,12H,4,6-7H2,1H3;1H. The van der Waals surface area contributed by atoms with E-state index in [0.29, 0.717) is 0 Å². The van der Waals surface area contributed by atoms with Gasteiger partial charge in [-0.2, -0.15) is 0 Å². The Morgan fingerprint density at radius 1 is 1.47 bits per heavy atom. The number of halogens is 1. The van der Waals surface area contributed by atoms with Crippen LogP contribution in [0.3, 0.4) is 0 Å². The maximum atomic E-state index is 4.42. The van der Waals surface area contributed by atoms with Gasteiger partial charge in [-0.15, -0.1) is 12.4 Å². The van der Waals surface area contributed by atoms with Crippen molar-refractivity contribution in [3.63, 3.8) is 0 Å². The zero-order valence-corrected chi connectivity index (χ0v) is 9.47. The molecule has 1 aliphatic heterocycles. The van der Waals surface area contributed by atoms with E-state index in [1.807, 2.05) is 12.3 Å². The van der Waals surface area contributed by atoms with Crippen LogP contribution in [0.4, 0.5) is 0 Å². The lowest BCUT2D eigenvalue weighted by Crippen LogP contribution is -2.24. The summed E-state index contributed by atoms with van der Waals surface area (Å²) in [6.45, 7) is 2.06. The molecule has 0 unspecified atom stereocenters. The van der Waals surface area contributed by atoms with E-state index in [-0.39, 0.29) is 12.4 Å². The van der Waals surface area contributed by atoms with Crippen molar-refractivity contribution in [1.29, 1.82) is 0 Å². The molecule has 0 atom stereocenters. The summed E-state index contributed by atoms with van der Waals surface area (Å²) in [5.41, 5.74) is 3.99. The van der Waals surface area contributed by atoms with E-state index in [1.165, 1.54) is 16.6 Å². The fourth-order valence-electron chi connectivity index (χ4n) is 2.31. The van der Waals surface area contributed by atoms with Crippen LogP contribution in [0.5, 0.6) is 0 Å². The molecule has 1 aliphatic rings. The SMILES string of the molecule is Cl.Cn1c2c(c3cccnc31)CCNC2. The second-order valence-corrected chi connectivity index (χ2v) is 3.79. The maximum absolute atomic E-state index is 4.42. The number of aryl methyl sites for hydroxylation is 1. The predicted octanol–water partition coefficient (Wildman–Crippen LogP) is 1.64. The zero-order chi connectivity index (χ0) is 9.54. The lowest BCUT2D eigenvalue weighted by Gasteiger charge is -2.14. The number of hydrogen-bond acceptors (Lipinski definition) is 2. The molecule has 3 nitrogen and oxygen atoms in total. The van der Waals surface area contributed by atoms with Gasteiger partial charge < -0.3 is 9.88 Å². The first kappa shape index (κ1) is 10.5. The van der Waals surface area contributed by atoms with Crippen molar-refractivity contribution >= 4 is 23.4 Å². The minimum absolute atomic E-state index is 0. The maximum Gasteiger partial charge on any atom is 0.140 e. The van der Waals surface area contributed by atoms with Gasteiger partial charge in [0.2, 0.25) is 0 Å². The van der Waals surface area contributed by atoms with Gasteiger partial charge in [0.1, 0.15) is 5.65 Å². The van der Waals surface area contributed by atoms with Crippen molar-refractivity contribution < 1.29 is 0 Å². The lowest BCUT2D eigenvalue weighted by molar-refractivity contribution is 0.613. The first-order chi connectivity index (χ1) is 6.88. The summed E-state index contributed by atoms with van der Waals surface area (Å²) in [6.07, 6.45) is 2.99. The molecule has 0 saturated heterocycles. The van der Waals surface area contributed by atoms with Crippen LogP contribution in [0.2, 0.25) is 0 Å². The minimum atomic E-state index is 0. The van der Waals surface area contributed by atoms with Crippen LogP contribution in [-0.4, -0.2) is 16.1 Å². The summed E-state index contributed by atoms with van der Waals surface area (Å²) in [5.74, 6) is 0. The molecule has 0 saturated carbocycles. The monoisotopic (exact) mass is 223 g/mol. The predicted molar refractivity (Wildman–Crippen MR) is 63.4 cm³/mol. The third-order valence-corrected chi connectivity index (χ3v) is 3.03. The summed E-state index contributed by atoms with van der Waals surface area (Å²) in [4.78, 5) is 4.42. The number of rotatable bonds is 0. The van der Waals surface area contributed by atoms with Crippen molar-refractivity contribution in [2.75, 3.05) is 6.54 Å². The molecule has 2 aromatic heterocycles. The molecular weight excluding hydrogens is 210 g/mol. The Morgan fingerprint density at radius 2 is 2.33 bits per heavy atom. The number of pyridine rings is 1. The van der Waals surface area contributed by atoms with Gasteiger partial charge in [0, 0.05) is 30.9 Å². The summed E-state index contributed by atoms with van der Waals surface area (Å²) in [5, 5.41) is 4.72. The van der Waals surface area contributed by atoms with E-state index in [2.05, 4.69) is 28.0 Å².